The molecule has 0 aliphatic carbocycles. The molecule has 1 unspecified atom stereocenters. The smallest absolute Gasteiger partial charge is 0.251 e. The van der Waals surface area contributed by atoms with Crippen molar-refractivity contribution in [1.82, 2.24) is 5.32 Å². The van der Waals surface area contributed by atoms with Crippen LogP contribution in [0, 0.1) is 5.82 Å². The highest BCUT2D eigenvalue weighted by atomic mass is 32.1. The molecule has 28 heavy (non-hydrogen) atoms. The molecule has 0 spiro atoms. The SMILES string of the molecule is CC(=O)c1ccc(-c2cc(F)cc3c2OC(CNC(=O)c2ccccc2)C3)s1. The number of amides is 1. The largest absolute Gasteiger partial charge is 0.487 e. The Labute approximate surface area is 166 Å². The van der Waals surface area contributed by atoms with Crippen LogP contribution >= 0.6 is 11.3 Å². The van der Waals surface area contributed by atoms with Crippen LogP contribution in [0.2, 0.25) is 0 Å². The van der Waals surface area contributed by atoms with Gasteiger partial charge >= 0.3 is 0 Å². The van der Waals surface area contributed by atoms with Gasteiger partial charge in [-0.1, -0.05) is 18.2 Å². The quantitative estimate of drug-likeness (QED) is 0.648. The number of rotatable bonds is 5. The van der Waals surface area contributed by atoms with Gasteiger partial charge in [0.25, 0.3) is 5.91 Å². The van der Waals surface area contributed by atoms with E-state index in [9.17, 15) is 14.0 Å². The highest BCUT2D eigenvalue weighted by Gasteiger charge is 2.28. The molecule has 2 heterocycles. The number of carbonyl (C=O) groups excluding carboxylic acids is 2. The minimum atomic E-state index is -0.343. The van der Waals surface area contributed by atoms with Crippen LogP contribution in [-0.2, 0) is 6.42 Å². The molecule has 4 rings (SSSR count). The van der Waals surface area contributed by atoms with Crippen LogP contribution in [0.1, 0.15) is 32.5 Å². The van der Waals surface area contributed by atoms with Crippen LogP contribution in [0.15, 0.2) is 54.6 Å². The Morgan fingerprint density at radius 1 is 1.18 bits per heavy atom. The van der Waals surface area contributed by atoms with Crippen molar-refractivity contribution in [3.8, 4) is 16.2 Å². The topological polar surface area (TPSA) is 55.4 Å². The Morgan fingerprint density at radius 3 is 2.68 bits per heavy atom. The van der Waals surface area contributed by atoms with E-state index in [-0.39, 0.29) is 23.6 Å². The standard InChI is InChI=1S/C22H18FNO3S/c1-13(25)19-7-8-20(28-19)18-11-16(23)9-15-10-17(27-21(15)18)12-24-22(26)14-5-3-2-4-6-14/h2-9,11,17H,10,12H2,1H3,(H,24,26). The van der Waals surface area contributed by atoms with Crippen LogP contribution in [-0.4, -0.2) is 24.3 Å². The van der Waals surface area contributed by atoms with Crippen LogP contribution in [0.5, 0.6) is 5.75 Å². The van der Waals surface area contributed by atoms with E-state index >= 15 is 0 Å². The number of halogens is 1. The molecule has 6 heteroatoms. The third kappa shape index (κ3) is 3.68. The van der Waals surface area contributed by atoms with Crippen molar-refractivity contribution >= 4 is 23.0 Å². The first kappa shape index (κ1) is 18.4. The van der Waals surface area contributed by atoms with Crippen LogP contribution in [0.25, 0.3) is 10.4 Å². The minimum Gasteiger partial charge on any atom is -0.487 e. The van der Waals surface area contributed by atoms with Crippen molar-refractivity contribution < 1.29 is 18.7 Å². The third-order valence-electron chi connectivity index (χ3n) is 4.61. The molecule has 0 radical (unpaired) electrons. The second-order valence-corrected chi connectivity index (χ2v) is 7.77. The van der Waals surface area contributed by atoms with Gasteiger partial charge in [-0.25, -0.2) is 4.39 Å². The number of thiophene rings is 1. The van der Waals surface area contributed by atoms with Gasteiger partial charge in [0.2, 0.25) is 0 Å². The van der Waals surface area contributed by atoms with E-state index in [0.717, 1.165) is 10.4 Å². The molecule has 1 aromatic heterocycles. The highest BCUT2D eigenvalue weighted by molar-refractivity contribution is 7.17. The summed E-state index contributed by atoms with van der Waals surface area (Å²) >= 11 is 1.32. The molecule has 0 saturated carbocycles. The summed E-state index contributed by atoms with van der Waals surface area (Å²) in [5.41, 5.74) is 2.00. The van der Waals surface area contributed by atoms with E-state index in [1.807, 2.05) is 24.3 Å². The molecule has 1 aliphatic heterocycles. The predicted molar refractivity (Wildman–Crippen MR) is 107 cm³/mol. The summed E-state index contributed by atoms with van der Waals surface area (Å²) in [6.07, 6.45) is 0.246. The first-order chi connectivity index (χ1) is 13.5. The van der Waals surface area contributed by atoms with Crippen molar-refractivity contribution in [2.24, 2.45) is 0 Å². The van der Waals surface area contributed by atoms with Gasteiger partial charge in [0, 0.05) is 28.0 Å². The number of fused-ring (bicyclic) bond motifs is 1. The van der Waals surface area contributed by atoms with Crippen LogP contribution < -0.4 is 10.1 Å². The van der Waals surface area contributed by atoms with Crippen molar-refractivity contribution in [3.63, 3.8) is 0 Å². The Balaban J connectivity index is 1.51. The van der Waals surface area contributed by atoms with Gasteiger partial charge < -0.3 is 10.1 Å². The number of nitrogens with one attached hydrogen (secondary N) is 1. The van der Waals surface area contributed by atoms with E-state index in [1.165, 1.54) is 30.4 Å². The molecular formula is C22H18FNO3S. The third-order valence-corrected chi connectivity index (χ3v) is 5.83. The zero-order chi connectivity index (χ0) is 19.7. The molecular weight excluding hydrogens is 377 g/mol. The van der Waals surface area contributed by atoms with Gasteiger partial charge in [0.05, 0.1) is 11.4 Å². The molecule has 4 nitrogen and oxygen atoms in total. The molecule has 142 valence electrons. The summed E-state index contributed by atoms with van der Waals surface area (Å²) in [4.78, 5) is 25.2. The van der Waals surface area contributed by atoms with Crippen molar-refractivity contribution in [3.05, 3.63) is 76.4 Å². The second-order valence-electron chi connectivity index (χ2n) is 6.68. The van der Waals surface area contributed by atoms with E-state index in [4.69, 9.17) is 4.74 Å². The number of ether oxygens (including phenoxy) is 1. The van der Waals surface area contributed by atoms with Gasteiger partial charge in [-0.3, -0.25) is 9.59 Å². The summed E-state index contributed by atoms with van der Waals surface area (Å²) < 4.78 is 20.2. The average Bonchev–Trinajstić information content (AvgIpc) is 3.33. The highest BCUT2D eigenvalue weighted by Crippen LogP contribution is 2.42. The first-order valence-corrected chi connectivity index (χ1v) is 9.76. The van der Waals surface area contributed by atoms with Gasteiger partial charge in [-0.2, -0.15) is 0 Å². The lowest BCUT2D eigenvalue weighted by Gasteiger charge is -2.13. The van der Waals surface area contributed by atoms with Gasteiger partial charge in [0.15, 0.2) is 5.78 Å². The summed E-state index contributed by atoms with van der Waals surface area (Å²) in [7, 11) is 0. The Kier molecular flexibility index (Phi) is 4.96. The molecule has 1 amide bonds. The molecule has 0 saturated heterocycles. The van der Waals surface area contributed by atoms with E-state index in [2.05, 4.69) is 5.32 Å². The minimum absolute atomic E-state index is 0.0216. The molecule has 2 aromatic carbocycles. The fraction of sp³-hybridized carbons (Fsp3) is 0.182. The summed E-state index contributed by atoms with van der Waals surface area (Å²) in [5, 5.41) is 2.87. The first-order valence-electron chi connectivity index (χ1n) is 8.94. The van der Waals surface area contributed by atoms with Crippen LogP contribution in [0.4, 0.5) is 4.39 Å². The molecule has 0 fully saturated rings. The number of hydrogen-bond donors (Lipinski definition) is 1. The monoisotopic (exact) mass is 395 g/mol. The fourth-order valence-electron chi connectivity index (χ4n) is 3.26. The number of ketones is 1. The molecule has 1 atom stereocenters. The number of carbonyl (C=O) groups is 2. The normalized spacial score (nSPS) is 15.0. The number of hydrogen-bond acceptors (Lipinski definition) is 4. The van der Waals surface area contributed by atoms with Gasteiger partial charge in [-0.15, -0.1) is 11.3 Å². The van der Waals surface area contributed by atoms with Crippen LogP contribution in [0.3, 0.4) is 0 Å². The second kappa shape index (κ2) is 7.56. The van der Waals surface area contributed by atoms with Gasteiger partial charge in [0.1, 0.15) is 17.7 Å². The summed E-state index contributed by atoms with van der Waals surface area (Å²) in [5.74, 6) is 0.0871. The Morgan fingerprint density at radius 2 is 1.96 bits per heavy atom. The number of benzene rings is 2. The lowest BCUT2D eigenvalue weighted by Crippen LogP contribution is -2.34. The predicted octanol–water partition coefficient (Wildman–Crippen LogP) is 4.49. The lowest BCUT2D eigenvalue weighted by molar-refractivity contribution is 0.0933. The van der Waals surface area contributed by atoms with E-state index in [1.54, 1.807) is 18.2 Å². The maximum absolute atomic E-state index is 14.1. The lowest BCUT2D eigenvalue weighted by atomic mass is 10.0. The maximum atomic E-state index is 14.1. The summed E-state index contributed by atoms with van der Waals surface area (Å²) in [6.45, 7) is 1.83. The zero-order valence-electron chi connectivity index (χ0n) is 15.2. The van der Waals surface area contributed by atoms with Crippen molar-refractivity contribution in [1.29, 1.82) is 0 Å². The molecule has 1 aliphatic rings. The maximum Gasteiger partial charge on any atom is 0.251 e. The molecule has 3 aromatic rings. The Bertz CT molecular complexity index is 1050. The molecule has 1 N–H and O–H groups in total. The number of Topliss-reactive ketones (excluding diaryl/α,β-unsaturated/α-hetero) is 1. The zero-order valence-corrected chi connectivity index (χ0v) is 16.0. The summed E-state index contributed by atoms with van der Waals surface area (Å²) in [6, 6.07) is 15.4. The fourth-order valence-corrected chi connectivity index (χ4v) is 4.18. The van der Waals surface area contributed by atoms with Crippen molar-refractivity contribution in [2.45, 2.75) is 19.4 Å². The van der Waals surface area contributed by atoms with Crippen molar-refractivity contribution in [2.75, 3.05) is 6.54 Å². The average molecular weight is 395 g/mol. The van der Waals surface area contributed by atoms with Gasteiger partial charge in [-0.05, 0) is 43.3 Å². The van der Waals surface area contributed by atoms with E-state index in [0.29, 0.717) is 34.7 Å². The Hall–Kier alpha value is -2.99. The van der Waals surface area contributed by atoms with E-state index < -0.39 is 0 Å². The molecule has 0 bridgehead atoms.